The fourth-order valence-electron chi connectivity index (χ4n) is 2.25. The van der Waals surface area contributed by atoms with Gasteiger partial charge in [0.2, 0.25) is 0 Å². The summed E-state index contributed by atoms with van der Waals surface area (Å²) in [4.78, 5) is 11.4. The van der Waals surface area contributed by atoms with Crippen molar-refractivity contribution in [1.82, 2.24) is 10.6 Å². The molecule has 4 nitrogen and oxygen atoms in total. The second-order valence-corrected chi connectivity index (χ2v) is 6.95. The summed E-state index contributed by atoms with van der Waals surface area (Å²) in [5, 5.41) is 6.10. The van der Waals surface area contributed by atoms with E-state index in [1.54, 1.807) is 0 Å². The summed E-state index contributed by atoms with van der Waals surface area (Å²) >= 11 is 0. The number of hydrogen-bond donors (Lipinski definition) is 2. The van der Waals surface area contributed by atoms with E-state index in [-0.39, 0.29) is 6.09 Å². The van der Waals surface area contributed by atoms with E-state index in [4.69, 9.17) is 4.74 Å². The van der Waals surface area contributed by atoms with Crippen LogP contribution in [0.3, 0.4) is 0 Å². The highest BCUT2D eigenvalue weighted by molar-refractivity contribution is 5.66. The van der Waals surface area contributed by atoms with E-state index in [9.17, 15) is 4.79 Å². The summed E-state index contributed by atoms with van der Waals surface area (Å²) in [6, 6.07) is 0. The maximum Gasteiger partial charge on any atom is 0.407 e. The number of hydrogen-bond acceptors (Lipinski definition) is 3. The molecule has 132 valence electrons. The minimum atomic E-state index is -0.292. The van der Waals surface area contributed by atoms with Crippen molar-refractivity contribution >= 4 is 6.09 Å². The molecule has 0 radical (unpaired) electrons. The van der Waals surface area contributed by atoms with Gasteiger partial charge in [0, 0.05) is 13.1 Å². The Balaban J connectivity index is 3.17. The van der Waals surface area contributed by atoms with Gasteiger partial charge in [0.1, 0.15) is 6.61 Å². The zero-order chi connectivity index (χ0) is 16.6. The lowest BCUT2D eigenvalue weighted by atomic mass is 10.0. The van der Waals surface area contributed by atoms with Crippen molar-refractivity contribution in [2.75, 3.05) is 26.2 Å². The maximum atomic E-state index is 11.4. The monoisotopic (exact) mass is 314 g/mol. The summed E-state index contributed by atoms with van der Waals surface area (Å²) in [6.07, 6.45) is 8.37. The van der Waals surface area contributed by atoms with Gasteiger partial charge in [0.15, 0.2) is 0 Å². The quantitative estimate of drug-likeness (QED) is 0.469. The highest BCUT2D eigenvalue weighted by atomic mass is 16.5. The molecule has 0 rings (SSSR count). The molecule has 0 saturated heterocycles. The van der Waals surface area contributed by atoms with Gasteiger partial charge in [-0.25, -0.2) is 4.79 Å². The van der Waals surface area contributed by atoms with Crippen molar-refractivity contribution in [2.24, 2.45) is 11.8 Å². The van der Waals surface area contributed by atoms with Crippen molar-refractivity contribution in [3.05, 3.63) is 0 Å². The Kier molecular flexibility index (Phi) is 14.6. The van der Waals surface area contributed by atoms with Crippen LogP contribution in [0.4, 0.5) is 4.79 Å². The number of carbonyl (C=O) groups excluding carboxylic acids is 1. The van der Waals surface area contributed by atoms with E-state index in [1.165, 1.54) is 32.1 Å². The lowest BCUT2D eigenvalue weighted by Crippen LogP contribution is -2.29. The predicted molar refractivity (Wildman–Crippen MR) is 94.2 cm³/mol. The van der Waals surface area contributed by atoms with Gasteiger partial charge < -0.3 is 15.4 Å². The Labute approximate surface area is 137 Å². The Morgan fingerprint density at radius 3 is 2.14 bits per heavy atom. The van der Waals surface area contributed by atoms with Crippen LogP contribution in [0.5, 0.6) is 0 Å². The molecule has 1 amide bonds. The van der Waals surface area contributed by atoms with Crippen LogP contribution < -0.4 is 10.6 Å². The smallest absolute Gasteiger partial charge is 0.407 e. The first-order valence-electron chi connectivity index (χ1n) is 9.13. The third kappa shape index (κ3) is 17.3. The molecule has 0 fully saturated rings. The topological polar surface area (TPSA) is 50.4 Å². The third-order valence-electron chi connectivity index (χ3n) is 3.62. The number of carbonyl (C=O) groups is 1. The Morgan fingerprint density at radius 2 is 1.45 bits per heavy atom. The van der Waals surface area contributed by atoms with Crippen LogP contribution >= 0.6 is 0 Å². The first-order chi connectivity index (χ1) is 10.5. The van der Waals surface area contributed by atoms with Gasteiger partial charge in [-0.2, -0.15) is 0 Å². The SMILES string of the molecule is CC(C)CCCCCCNCCOC(=O)NCCCC(C)C. The molecular formula is C18H38N2O2. The number of nitrogens with one attached hydrogen (secondary N) is 2. The fourth-order valence-corrected chi connectivity index (χ4v) is 2.25. The molecule has 0 aromatic rings. The number of rotatable bonds is 14. The number of unbranched alkanes of at least 4 members (excludes halogenated alkanes) is 3. The summed E-state index contributed by atoms with van der Waals surface area (Å²) in [5.74, 6) is 1.51. The Hall–Kier alpha value is -0.770. The fraction of sp³-hybridized carbons (Fsp3) is 0.944. The summed E-state index contributed by atoms with van der Waals surface area (Å²) in [6.45, 7) is 11.9. The van der Waals surface area contributed by atoms with Crippen LogP contribution in [0.1, 0.15) is 72.6 Å². The number of alkyl carbamates (subject to hydrolysis) is 1. The Morgan fingerprint density at radius 1 is 0.818 bits per heavy atom. The molecule has 0 heterocycles. The first kappa shape index (κ1) is 21.2. The standard InChI is InChI=1S/C18H38N2O2/c1-16(2)10-7-5-6-8-12-19-14-15-22-18(21)20-13-9-11-17(3)4/h16-17,19H,5-15H2,1-4H3,(H,20,21). The van der Waals surface area contributed by atoms with Crippen molar-refractivity contribution in [3.8, 4) is 0 Å². The molecule has 0 spiro atoms. The molecule has 0 bridgehead atoms. The van der Waals surface area contributed by atoms with E-state index >= 15 is 0 Å². The Bertz CT molecular complexity index is 255. The van der Waals surface area contributed by atoms with Crippen molar-refractivity contribution in [2.45, 2.75) is 72.6 Å². The molecule has 4 heteroatoms. The van der Waals surface area contributed by atoms with Crippen LogP contribution in [-0.4, -0.2) is 32.3 Å². The molecule has 0 aliphatic rings. The molecule has 0 aromatic carbocycles. The largest absolute Gasteiger partial charge is 0.448 e. The van der Waals surface area contributed by atoms with Gasteiger partial charge in [-0.1, -0.05) is 53.4 Å². The molecule has 2 N–H and O–H groups in total. The molecule has 0 aliphatic heterocycles. The highest BCUT2D eigenvalue weighted by Crippen LogP contribution is 2.08. The first-order valence-corrected chi connectivity index (χ1v) is 9.13. The zero-order valence-electron chi connectivity index (χ0n) is 15.2. The molecule has 0 aliphatic carbocycles. The molecular weight excluding hydrogens is 276 g/mol. The van der Waals surface area contributed by atoms with Crippen LogP contribution in [0.25, 0.3) is 0 Å². The molecule has 0 saturated carbocycles. The number of amides is 1. The zero-order valence-corrected chi connectivity index (χ0v) is 15.2. The van der Waals surface area contributed by atoms with E-state index in [1.807, 2.05) is 0 Å². The van der Waals surface area contributed by atoms with Crippen LogP contribution in [-0.2, 0) is 4.74 Å². The van der Waals surface area contributed by atoms with Gasteiger partial charge in [-0.15, -0.1) is 0 Å². The molecule has 0 aromatic heterocycles. The van der Waals surface area contributed by atoms with Crippen LogP contribution in [0.15, 0.2) is 0 Å². The van der Waals surface area contributed by atoms with E-state index < -0.39 is 0 Å². The number of ether oxygens (including phenoxy) is 1. The van der Waals surface area contributed by atoms with Gasteiger partial charge in [-0.05, 0) is 37.6 Å². The molecule has 22 heavy (non-hydrogen) atoms. The lowest BCUT2D eigenvalue weighted by Gasteiger charge is -2.09. The van der Waals surface area contributed by atoms with E-state index in [0.717, 1.165) is 31.8 Å². The second kappa shape index (κ2) is 15.1. The van der Waals surface area contributed by atoms with Crippen molar-refractivity contribution < 1.29 is 9.53 Å². The third-order valence-corrected chi connectivity index (χ3v) is 3.62. The maximum absolute atomic E-state index is 11.4. The molecule has 0 unspecified atom stereocenters. The van der Waals surface area contributed by atoms with Gasteiger partial charge in [0.25, 0.3) is 0 Å². The minimum Gasteiger partial charge on any atom is -0.448 e. The van der Waals surface area contributed by atoms with Gasteiger partial charge >= 0.3 is 6.09 Å². The molecule has 0 atom stereocenters. The van der Waals surface area contributed by atoms with E-state index in [0.29, 0.717) is 19.1 Å². The summed E-state index contributed by atoms with van der Waals surface area (Å²) in [7, 11) is 0. The predicted octanol–water partition coefficient (Wildman–Crippen LogP) is 4.34. The second-order valence-electron chi connectivity index (χ2n) is 6.95. The van der Waals surface area contributed by atoms with Crippen molar-refractivity contribution in [3.63, 3.8) is 0 Å². The van der Waals surface area contributed by atoms with Gasteiger partial charge in [0.05, 0.1) is 0 Å². The average Bonchev–Trinajstić information content (AvgIpc) is 2.45. The highest BCUT2D eigenvalue weighted by Gasteiger charge is 2.01. The van der Waals surface area contributed by atoms with Gasteiger partial charge in [-0.3, -0.25) is 0 Å². The normalized spacial score (nSPS) is 11.2. The summed E-state index contributed by atoms with van der Waals surface area (Å²) in [5.41, 5.74) is 0. The lowest BCUT2D eigenvalue weighted by molar-refractivity contribution is 0.146. The van der Waals surface area contributed by atoms with E-state index in [2.05, 4.69) is 38.3 Å². The minimum absolute atomic E-state index is 0.292. The van der Waals surface area contributed by atoms with Crippen molar-refractivity contribution in [1.29, 1.82) is 0 Å². The van der Waals surface area contributed by atoms with Crippen LogP contribution in [0.2, 0.25) is 0 Å². The average molecular weight is 315 g/mol. The van der Waals surface area contributed by atoms with Crippen LogP contribution in [0, 0.1) is 11.8 Å². The summed E-state index contributed by atoms with van der Waals surface area (Å²) < 4.78 is 5.11.